The van der Waals surface area contributed by atoms with E-state index in [1.807, 2.05) is 0 Å². The number of ether oxygens (including phenoxy) is 1. The van der Waals surface area contributed by atoms with E-state index in [9.17, 15) is 0 Å². The number of piperidine rings is 1. The number of rotatable bonds is 8. The molecule has 1 unspecified atom stereocenters. The zero-order chi connectivity index (χ0) is 20.9. The smallest absolute Gasteiger partial charge is 0.0702 e. The van der Waals surface area contributed by atoms with Crippen molar-refractivity contribution in [2.75, 3.05) is 32.8 Å². The molecule has 5 rings (SSSR count). The first-order valence-electron chi connectivity index (χ1n) is 13.5. The highest BCUT2D eigenvalue weighted by atomic mass is 16.5. The van der Waals surface area contributed by atoms with E-state index in [0.717, 1.165) is 31.7 Å². The van der Waals surface area contributed by atoms with Crippen LogP contribution in [0.15, 0.2) is 6.20 Å². The number of hydrogen-bond acceptors (Lipinski definition) is 4. The molecule has 4 fully saturated rings. The van der Waals surface area contributed by atoms with E-state index in [2.05, 4.69) is 26.2 Å². The zero-order valence-electron chi connectivity index (χ0n) is 19.6. The van der Waals surface area contributed by atoms with E-state index in [0.29, 0.717) is 12.0 Å². The Morgan fingerprint density at radius 2 is 1.68 bits per heavy atom. The quantitative estimate of drug-likeness (QED) is 0.626. The number of nitrogens with zero attached hydrogens (tertiary/aromatic N) is 3. The second kappa shape index (κ2) is 10.8. The van der Waals surface area contributed by atoms with Gasteiger partial charge in [0.15, 0.2) is 0 Å². The van der Waals surface area contributed by atoms with Crippen LogP contribution in [0.25, 0.3) is 0 Å². The Morgan fingerprint density at radius 3 is 2.42 bits per heavy atom. The molecule has 5 heteroatoms. The van der Waals surface area contributed by atoms with Gasteiger partial charge in [-0.2, -0.15) is 5.10 Å². The molecule has 31 heavy (non-hydrogen) atoms. The molecule has 1 N–H and O–H groups in total. The van der Waals surface area contributed by atoms with E-state index < -0.39 is 0 Å². The monoisotopic (exact) mass is 428 g/mol. The van der Waals surface area contributed by atoms with Crippen molar-refractivity contribution in [1.82, 2.24) is 20.0 Å². The van der Waals surface area contributed by atoms with E-state index in [-0.39, 0.29) is 0 Å². The molecule has 174 valence electrons. The van der Waals surface area contributed by atoms with Crippen LogP contribution in [0.1, 0.15) is 101 Å². The summed E-state index contributed by atoms with van der Waals surface area (Å²) in [5, 5.41) is 7.89. The predicted molar refractivity (Wildman–Crippen MR) is 125 cm³/mol. The summed E-state index contributed by atoms with van der Waals surface area (Å²) >= 11 is 0. The molecule has 2 aliphatic heterocycles. The van der Waals surface area contributed by atoms with Gasteiger partial charge >= 0.3 is 0 Å². The molecule has 0 amide bonds. The minimum Gasteiger partial charge on any atom is -0.377 e. The number of aromatic nitrogens is 2. The van der Waals surface area contributed by atoms with Gasteiger partial charge in [0.25, 0.3) is 0 Å². The largest absolute Gasteiger partial charge is 0.377 e. The number of likely N-dealkylation sites (tertiary alicyclic amines) is 1. The molecule has 4 aliphatic rings. The summed E-state index contributed by atoms with van der Waals surface area (Å²) < 4.78 is 6.05. The van der Waals surface area contributed by atoms with Crippen LogP contribution in [0.3, 0.4) is 0 Å². The molecule has 1 aromatic rings. The third-order valence-corrected chi connectivity index (χ3v) is 8.65. The van der Waals surface area contributed by atoms with Crippen LogP contribution in [-0.2, 0) is 11.3 Å². The highest BCUT2D eigenvalue weighted by Gasteiger charge is 2.29. The lowest BCUT2D eigenvalue weighted by molar-refractivity contribution is 0.0538. The van der Waals surface area contributed by atoms with Crippen LogP contribution in [0, 0.1) is 5.92 Å². The summed E-state index contributed by atoms with van der Waals surface area (Å²) in [6, 6.07) is 0.896. The molecule has 1 aromatic heterocycles. The van der Waals surface area contributed by atoms with Gasteiger partial charge in [0.05, 0.1) is 12.3 Å². The summed E-state index contributed by atoms with van der Waals surface area (Å²) in [5.74, 6) is 1.54. The van der Waals surface area contributed by atoms with Crippen molar-refractivity contribution in [3.8, 4) is 0 Å². The summed E-state index contributed by atoms with van der Waals surface area (Å²) in [6.07, 6.45) is 20.4. The van der Waals surface area contributed by atoms with E-state index in [1.54, 1.807) is 0 Å². The first kappa shape index (κ1) is 21.9. The van der Waals surface area contributed by atoms with Crippen LogP contribution >= 0.6 is 0 Å². The van der Waals surface area contributed by atoms with Gasteiger partial charge in [0, 0.05) is 49.5 Å². The van der Waals surface area contributed by atoms with Crippen LogP contribution in [0.5, 0.6) is 0 Å². The fourth-order valence-electron chi connectivity index (χ4n) is 6.85. The molecule has 2 saturated carbocycles. The van der Waals surface area contributed by atoms with Gasteiger partial charge < -0.3 is 9.64 Å². The number of aromatic amines is 1. The second-order valence-corrected chi connectivity index (χ2v) is 10.9. The van der Waals surface area contributed by atoms with E-state index >= 15 is 0 Å². The summed E-state index contributed by atoms with van der Waals surface area (Å²) in [6.45, 7) is 6.97. The fraction of sp³-hybridized carbons (Fsp3) is 0.885. The van der Waals surface area contributed by atoms with E-state index in [1.165, 1.54) is 114 Å². The zero-order valence-corrected chi connectivity index (χ0v) is 19.6. The Labute approximate surface area is 189 Å². The van der Waals surface area contributed by atoms with E-state index in [4.69, 9.17) is 4.74 Å². The maximum absolute atomic E-state index is 6.05. The summed E-state index contributed by atoms with van der Waals surface area (Å²) in [7, 11) is 0. The van der Waals surface area contributed by atoms with Gasteiger partial charge in [-0.1, -0.05) is 32.1 Å². The highest BCUT2D eigenvalue weighted by molar-refractivity contribution is 5.21. The van der Waals surface area contributed by atoms with Gasteiger partial charge in [-0.05, 0) is 70.4 Å². The number of nitrogens with one attached hydrogen (secondary N) is 1. The molecular formula is C26H44N4O. The molecular weight excluding hydrogens is 384 g/mol. The molecule has 0 aromatic carbocycles. The maximum Gasteiger partial charge on any atom is 0.0702 e. The van der Waals surface area contributed by atoms with Crippen LogP contribution in [0.2, 0.25) is 0 Å². The van der Waals surface area contributed by atoms with Gasteiger partial charge in [-0.3, -0.25) is 10.00 Å². The first-order chi connectivity index (χ1) is 15.3. The molecule has 0 bridgehead atoms. The number of H-pyrrole nitrogens is 1. The number of hydrogen-bond donors (Lipinski definition) is 1. The molecule has 3 heterocycles. The Hall–Kier alpha value is -0.910. The molecule has 2 aliphatic carbocycles. The Morgan fingerprint density at radius 1 is 0.903 bits per heavy atom. The van der Waals surface area contributed by atoms with Crippen molar-refractivity contribution < 1.29 is 4.74 Å². The van der Waals surface area contributed by atoms with Crippen molar-refractivity contribution in [3.63, 3.8) is 0 Å². The average molecular weight is 429 g/mol. The highest BCUT2D eigenvalue weighted by Crippen LogP contribution is 2.34. The van der Waals surface area contributed by atoms with Crippen molar-refractivity contribution in [2.45, 2.75) is 108 Å². The predicted octanol–water partition coefficient (Wildman–Crippen LogP) is 5.09. The second-order valence-electron chi connectivity index (χ2n) is 10.9. The SMILES string of the molecule is c1n[nH]c(C2CCCCC2)c1CN(CC1CCN(C2CCCC2)CC1)CC1CCCO1. The molecule has 0 radical (unpaired) electrons. The third-order valence-electron chi connectivity index (χ3n) is 8.65. The van der Waals surface area contributed by atoms with Crippen LogP contribution < -0.4 is 0 Å². The Kier molecular flexibility index (Phi) is 7.64. The lowest BCUT2D eigenvalue weighted by Gasteiger charge is -2.38. The third kappa shape index (κ3) is 5.72. The molecule has 0 spiro atoms. The Balaban J connectivity index is 1.20. The van der Waals surface area contributed by atoms with Crippen molar-refractivity contribution >= 4 is 0 Å². The molecule has 1 atom stereocenters. The minimum atomic E-state index is 0.434. The lowest BCUT2D eigenvalue weighted by atomic mass is 9.85. The standard InChI is InChI=1S/C26H44N4O/c1-2-7-22(8-3-1)26-23(17-27-28-26)19-29(20-25-11-6-16-31-25)18-21-12-14-30(15-13-21)24-9-4-5-10-24/h17,21-22,24-25H,1-16,18-20H2,(H,27,28). The average Bonchev–Trinajstić information content (AvgIpc) is 3.58. The molecule has 5 nitrogen and oxygen atoms in total. The van der Waals surface area contributed by atoms with Crippen molar-refractivity contribution in [2.24, 2.45) is 5.92 Å². The van der Waals surface area contributed by atoms with Crippen LogP contribution in [-0.4, -0.2) is 64.9 Å². The van der Waals surface area contributed by atoms with Gasteiger partial charge in [-0.15, -0.1) is 0 Å². The topological polar surface area (TPSA) is 44.4 Å². The summed E-state index contributed by atoms with van der Waals surface area (Å²) in [4.78, 5) is 5.54. The van der Waals surface area contributed by atoms with Gasteiger partial charge in [0.1, 0.15) is 0 Å². The van der Waals surface area contributed by atoms with Crippen LogP contribution in [0.4, 0.5) is 0 Å². The lowest BCUT2D eigenvalue weighted by Crippen LogP contribution is -2.43. The van der Waals surface area contributed by atoms with Crippen molar-refractivity contribution in [1.29, 1.82) is 0 Å². The van der Waals surface area contributed by atoms with Gasteiger partial charge in [-0.25, -0.2) is 0 Å². The fourth-order valence-corrected chi connectivity index (χ4v) is 6.85. The minimum absolute atomic E-state index is 0.434. The molecule has 2 saturated heterocycles. The maximum atomic E-state index is 6.05. The normalized spacial score (nSPS) is 27.6. The van der Waals surface area contributed by atoms with Gasteiger partial charge in [0.2, 0.25) is 0 Å². The Bertz CT molecular complexity index is 650. The summed E-state index contributed by atoms with van der Waals surface area (Å²) in [5.41, 5.74) is 2.89. The van der Waals surface area contributed by atoms with Crippen molar-refractivity contribution in [3.05, 3.63) is 17.5 Å². The first-order valence-corrected chi connectivity index (χ1v) is 13.5.